The molecule has 0 unspecified atom stereocenters. The molecule has 0 aliphatic carbocycles. The van der Waals surface area contributed by atoms with E-state index in [-0.39, 0.29) is 11.4 Å². The van der Waals surface area contributed by atoms with Crippen molar-refractivity contribution < 1.29 is 9.21 Å². The molecule has 2 fully saturated rings. The van der Waals surface area contributed by atoms with Crippen molar-refractivity contribution in [3.63, 3.8) is 0 Å². The average Bonchev–Trinajstić information content (AvgIpc) is 3.25. The van der Waals surface area contributed by atoms with Crippen molar-refractivity contribution in [1.82, 2.24) is 19.7 Å². The van der Waals surface area contributed by atoms with Crippen LogP contribution in [-0.2, 0) is 17.9 Å². The number of hydrogen-bond donors (Lipinski definition) is 0. The maximum Gasteiger partial charge on any atom is 0.243 e. The van der Waals surface area contributed by atoms with E-state index in [9.17, 15) is 4.79 Å². The zero-order chi connectivity index (χ0) is 19.0. The van der Waals surface area contributed by atoms with Gasteiger partial charge in [-0.05, 0) is 45.9 Å². The smallest absolute Gasteiger partial charge is 0.243 e. The molecule has 0 N–H and O–H groups in total. The maximum absolute atomic E-state index is 13.4. The van der Waals surface area contributed by atoms with E-state index in [4.69, 9.17) is 4.42 Å². The lowest BCUT2D eigenvalue weighted by Gasteiger charge is -2.51. The standard InChI is InChI=1S/C20H28N4O2S/c1-15-4-5-18(26-15)13-23-8-6-20(7-9-23)19(25)24(11-10-22(20)3)12-17-14-27-16(2)21-17/h4-5,14H,6-13H2,1-3H3. The van der Waals surface area contributed by atoms with E-state index in [1.807, 2.05) is 24.8 Å². The SMILES string of the molecule is Cc1ccc(CN2CCC3(CC2)C(=O)N(Cc2csc(C)n2)CCN3C)o1. The fourth-order valence-electron chi connectivity index (χ4n) is 4.34. The molecule has 2 aromatic rings. The molecule has 0 saturated carbocycles. The van der Waals surface area contributed by atoms with E-state index in [1.54, 1.807) is 11.3 Å². The zero-order valence-corrected chi connectivity index (χ0v) is 17.2. The first kappa shape index (κ1) is 18.7. The molecule has 1 spiro atoms. The van der Waals surface area contributed by atoms with Gasteiger partial charge in [0.25, 0.3) is 0 Å². The highest BCUT2D eigenvalue weighted by molar-refractivity contribution is 7.09. The fourth-order valence-corrected chi connectivity index (χ4v) is 4.94. The van der Waals surface area contributed by atoms with E-state index >= 15 is 0 Å². The Labute approximate surface area is 164 Å². The number of piperidine rings is 1. The molecule has 2 aliphatic heterocycles. The van der Waals surface area contributed by atoms with Gasteiger partial charge in [0, 0.05) is 31.6 Å². The van der Waals surface area contributed by atoms with Gasteiger partial charge in [-0.15, -0.1) is 11.3 Å². The van der Waals surface area contributed by atoms with Gasteiger partial charge in [-0.3, -0.25) is 14.6 Å². The summed E-state index contributed by atoms with van der Waals surface area (Å²) in [5.41, 5.74) is 0.648. The highest BCUT2D eigenvalue weighted by atomic mass is 32.1. The number of furan rings is 1. The van der Waals surface area contributed by atoms with Crippen molar-refractivity contribution in [2.45, 2.75) is 45.3 Å². The summed E-state index contributed by atoms with van der Waals surface area (Å²) in [6, 6.07) is 4.06. The number of carbonyl (C=O) groups excluding carboxylic acids is 1. The Morgan fingerprint density at radius 3 is 2.56 bits per heavy atom. The summed E-state index contributed by atoms with van der Waals surface area (Å²) >= 11 is 1.65. The third-order valence-corrected chi connectivity index (χ3v) is 6.82. The zero-order valence-electron chi connectivity index (χ0n) is 16.4. The van der Waals surface area contributed by atoms with Crippen LogP contribution in [0.4, 0.5) is 0 Å². The van der Waals surface area contributed by atoms with Crippen molar-refractivity contribution in [2.75, 3.05) is 33.2 Å². The van der Waals surface area contributed by atoms with Gasteiger partial charge < -0.3 is 9.32 Å². The topological polar surface area (TPSA) is 52.8 Å². The first-order chi connectivity index (χ1) is 13.0. The van der Waals surface area contributed by atoms with E-state index < -0.39 is 0 Å². The normalized spacial score (nSPS) is 21.3. The van der Waals surface area contributed by atoms with Gasteiger partial charge >= 0.3 is 0 Å². The predicted octanol–water partition coefficient (Wildman–Crippen LogP) is 2.66. The number of aromatic nitrogens is 1. The number of amides is 1. The van der Waals surface area contributed by atoms with Gasteiger partial charge in [0.2, 0.25) is 5.91 Å². The number of nitrogens with zero attached hydrogens (tertiary/aromatic N) is 4. The van der Waals surface area contributed by atoms with E-state index in [1.165, 1.54) is 0 Å². The Kier molecular flexibility index (Phi) is 5.09. The molecule has 4 rings (SSSR count). The number of piperazine rings is 1. The molecule has 0 atom stereocenters. The van der Waals surface area contributed by atoms with Crippen LogP contribution in [0.25, 0.3) is 0 Å². The lowest BCUT2D eigenvalue weighted by molar-refractivity contribution is -0.155. The van der Waals surface area contributed by atoms with Crippen LogP contribution in [0.2, 0.25) is 0 Å². The Balaban J connectivity index is 1.42. The van der Waals surface area contributed by atoms with Crippen LogP contribution in [0.1, 0.15) is 35.1 Å². The third kappa shape index (κ3) is 3.68. The van der Waals surface area contributed by atoms with Crippen LogP contribution in [0.5, 0.6) is 0 Å². The second kappa shape index (κ2) is 7.37. The van der Waals surface area contributed by atoms with Gasteiger partial charge in [0.1, 0.15) is 17.1 Å². The van der Waals surface area contributed by atoms with E-state index in [0.717, 1.165) is 67.8 Å². The van der Waals surface area contributed by atoms with Crippen molar-refractivity contribution in [2.24, 2.45) is 0 Å². The van der Waals surface area contributed by atoms with Crippen LogP contribution >= 0.6 is 11.3 Å². The van der Waals surface area contributed by atoms with Crippen molar-refractivity contribution in [3.8, 4) is 0 Å². The number of likely N-dealkylation sites (tertiary alicyclic amines) is 1. The molecular weight excluding hydrogens is 360 g/mol. The summed E-state index contributed by atoms with van der Waals surface area (Å²) in [5, 5.41) is 3.13. The third-order valence-electron chi connectivity index (χ3n) is 6.00. The predicted molar refractivity (Wildman–Crippen MR) is 106 cm³/mol. The lowest BCUT2D eigenvalue weighted by atomic mass is 9.82. The largest absolute Gasteiger partial charge is 0.465 e. The number of aryl methyl sites for hydroxylation is 2. The molecule has 2 aliphatic rings. The highest BCUT2D eigenvalue weighted by Gasteiger charge is 2.49. The molecule has 4 heterocycles. The average molecular weight is 389 g/mol. The number of thiazole rings is 1. The summed E-state index contributed by atoms with van der Waals surface area (Å²) < 4.78 is 5.72. The monoisotopic (exact) mass is 388 g/mol. The van der Waals surface area contributed by atoms with E-state index in [2.05, 4.69) is 33.3 Å². The number of carbonyl (C=O) groups is 1. The van der Waals surface area contributed by atoms with Gasteiger partial charge in [-0.25, -0.2) is 4.98 Å². The van der Waals surface area contributed by atoms with Crippen molar-refractivity contribution in [1.29, 1.82) is 0 Å². The van der Waals surface area contributed by atoms with Crippen molar-refractivity contribution in [3.05, 3.63) is 39.7 Å². The molecule has 0 radical (unpaired) electrons. The quantitative estimate of drug-likeness (QED) is 0.806. The molecule has 146 valence electrons. The second-order valence-electron chi connectivity index (χ2n) is 7.83. The fraction of sp³-hybridized carbons (Fsp3) is 0.600. The minimum atomic E-state index is -0.362. The highest BCUT2D eigenvalue weighted by Crippen LogP contribution is 2.34. The Hall–Kier alpha value is -1.70. The Bertz CT molecular complexity index is 807. The second-order valence-corrected chi connectivity index (χ2v) is 8.89. The summed E-state index contributed by atoms with van der Waals surface area (Å²) in [5.74, 6) is 2.23. The maximum atomic E-state index is 13.4. The molecule has 6 nitrogen and oxygen atoms in total. The molecule has 7 heteroatoms. The molecule has 0 aromatic carbocycles. The van der Waals surface area contributed by atoms with E-state index in [0.29, 0.717) is 6.54 Å². The van der Waals surface area contributed by atoms with Crippen LogP contribution < -0.4 is 0 Å². The van der Waals surface area contributed by atoms with Crippen LogP contribution in [0.3, 0.4) is 0 Å². The molecule has 27 heavy (non-hydrogen) atoms. The molecule has 2 aromatic heterocycles. The Morgan fingerprint density at radius 1 is 1.15 bits per heavy atom. The summed E-state index contributed by atoms with van der Waals surface area (Å²) in [4.78, 5) is 24.7. The molecule has 1 amide bonds. The molecule has 2 saturated heterocycles. The minimum absolute atomic E-state index is 0.274. The summed E-state index contributed by atoms with van der Waals surface area (Å²) in [6.45, 7) is 8.98. The van der Waals surface area contributed by atoms with Gasteiger partial charge in [0.05, 0.1) is 23.8 Å². The van der Waals surface area contributed by atoms with Gasteiger partial charge in [0.15, 0.2) is 0 Å². The number of rotatable bonds is 4. The van der Waals surface area contributed by atoms with Gasteiger partial charge in [-0.1, -0.05) is 0 Å². The van der Waals surface area contributed by atoms with Crippen LogP contribution in [0.15, 0.2) is 21.9 Å². The first-order valence-electron chi connectivity index (χ1n) is 9.65. The van der Waals surface area contributed by atoms with Crippen LogP contribution in [0, 0.1) is 13.8 Å². The molecule has 0 bridgehead atoms. The summed E-state index contributed by atoms with van der Waals surface area (Å²) in [7, 11) is 2.10. The first-order valence-corrected chi connectivity index (χ1v) is 10.5. The summed E-state index contributed by atoms with van der Waals surface area (Å²) in [6.07, 6.45) is 1.74. The Morgan fingerprint density at radius 2 is 1.93 bits per heavy atom. The van der Waals surface area contributed by atoms with Gasteiger partial charge in [-0.2, -0.15) is 0 Å². The number of hydrogen-bond acceptors (Lipinski definition) is 6. The van der Waals surface area contributed by atoms with Crippen molar-refractivity contribution >= 4 is 17.2 Å². The number of likely N-dealkylation sites (N-methyl/N-ethyl adjacent to an activating group) is 1. The molecular formula is C20H28N4O2S. The minimum Gasteiger partial charge on any atom is -0.465 e. The van der Waals surface area contributed by atoms with Crippen LogP contribution in [-0.4, -0.2) is 64.4 Å². The lowest BCUT2D eigenvalue weighted by Crippen LogP contribution is -2.67.